The van der Waals surface area contributed by atoms with Crippen LogP contribution in [0, 0.1) is 5.82 Å². The molecule has 1 unspecified atom stereocenters. The van der Waals surface area contributed by atoms with Gasteiger partial charge in [0.25, 0.3) is 0 Å². The molecule has 0 amide bonds. The van der Waals surface area contributed by atoms with Gasteiger partial charge in [0, 0.05) is 23.5 Å². The van der Waals surface area contributed by atoms with Crippen LogP contribution in [0.25, 0.3) is 11.1 Å². The van der Waals surface area contributed by atoms with Crippen molar-refractivity contribution >= 4 is 11.9 Å². The van der Waals surface area contributed by atoms with Gasteiger partial charge in [-0.25, -0.2) is 9.07 Å². The highest BCUT2D eigenvalue weighted by Crippen LogP contribution is 2.40. The highest BCUT2D eigenvalue weighted by Gasteiger charge is 2.23. The van der Waals surface area contributed by atoms with Crippen LogP contribution in [0.1, 0.15) is 23.1 Å². The first kappa shape index (κ1) is 18.0. The number of halogens is 1. The molecule has 1 aliphatic carbocycles. The summed E-state index contributed by atoms with van der Waals surface area (Å²) in [7, 11) is 1.92. The van der Waals surface area contributed by atoms with Gasteiger partial charge < -0.3 is 10.1 Å². The van der Waals surface area contributed by atoms with Crippen LogP contribution in [0.4, 0.5) is 10.1 Å². The number of aliphatic imine (C=N–C) groups is 1. The molecule has 2 aliphatic rings. The summed E-state index contributed by atoms with van der Waals surface area (Å²) in [6.45, 7) is 1.35. The number of ether oxygens (including phenoxy) is 1. The standard InChI is InChI=1S/C22H22FN5O/c1-24-16-12-28-22(29-13-16)15(10-27-28)9-26-21-17-4-2-3-14(17)5-6-19(21)18-7-8-25-11-20(18)23/h5-11,16,24H,2-4,12-13H2,1H3. The molecule has 0 radical (unpaired) electrons. The third-order valence-electron chi connectivity index (χ3n) is 5.69. The van der Waals surface area contributed by atoms with Crippen molar-refractivity contribution in [2.24, 2.45) is 4.99 Å². The molecule has 1 N–H and O–H groups in total. The van der Waals surface area contributed by atoms with E-state index in [1.54, 1.807) is 24.7 Å². The average Bonchev–Trinajstić information content (AvgIpc) is 3.39. The summed E-state index contributed by atoms with van der Waals surface area (Å²) in [4.78, 5) is 8.70. The minimum absolute atomic E-state index is 0.242. The number of pyridine rings is 1. The van der Waals surface area contributed by atoms with Crippen LogP contribution in [0.5, 0.6) is 5.88 Å². The molecule has 2 aromatic heterocycles. The molecule has 5 rings (SSSR count). The fourth-order valence-corrected chi connectivity index (χ4v) is 4.12. The van der Waals surface area contributed by atoms with E-state index in [9.17, 15) is 4.39 Å². The Morgan fingerprint density at radius 3 is 3.03 bits per heavy atom. The quantitative estimate of drug-likeness (QED) is 0.693. The van der Waals surface area contributed by atoms with E-state index in [0.29, 0.717) is 12.2 Å². The van der Waals surface area contributed by atoms with E-state index in [2.05, 4.69) is 21.5 Å². The third kappa shape index (κ3) is 3.21. The van der Waals surface area contributed by atoms with Crippen molar-refractivity contribution in [1.82, 2.24) is 20.1 Å². The van der Waals surface area contributed by atoms with Crippen molar-refractivity contribution in [2.45, 2.75) is 31.8 Å². The molecule has 1 aromatic carbocycles. The number of nitrogens with zero attached hydrogens (tertiary/aromatic N) is 4. The van der Waals surface area contributed by atoms with Crippen LogP contribution in [-0.4, -0.2) is 40.7 Å². The lowest BCUT2D eigenvalue weighted by atomic mass is 9.98. The van der Waals surface area contributed by atoms with E-state index in [1.165, 1.54) is 17.3 Å². The van der Waals surface area contributed by atoms with E-state index < -0.39 is 0 Å². The van der Waals surface area contributed by atoms with Gasteiger partial charge in [-0.2, -0.15) is 5.10 Å². The second kappa shape index (κ2) is 7.40. The van der Waals surface area contributed by atoms with Crippen molar-refractivity contribution < 1.29 is 9.13 Å². The van der Waals surface area contributed by atoms with Gasteiger partial charge >= 0.3 is 0 Å². The van der Waals surface area contributed by atoms with Crippen molar-refractivity contribution in [2.75, 3.05) is 13.7 Å². The number of aryl methyl sites for hydroxylation is 1. The summed E-state index contributed by atoms with van der Waals surface area (Å²) in [5.41, 5.74) is 5.46. The topological polar surface area (TPSA) is 64.3 Å². The van der Waals surface area contributed by atoms with Crippen LogP contribution in [0.2, 0.25) is 0 Å². The first-order valence-electron chi connectivity index (χ1n) is 9.89. The summed E-state index contributed by atoms with van der Waals surface area (Å²) < 4.78 is 22.2. The van der Waals surface area contributed by atoms with E-state index in [4.69, 9.17) is 9.73 Å². The lowest BCUT2D eigenvalue weighted by Gasteiger charge is -2.23. The first-order valence-corrected chi connectivity index (χ1v) is 9.89. The molecule has 0 bridgehead atoms. The van der Waals surface area contributed by atoms with Crippen LogP contribution >= 0.6 is 0 Å². The SMILES string of the molecule is CNC1COc2c(C=Nc3c(-c4ccncc4F)ccc4c3CCC4)cnn2C1. The molecule has 3 aromatic rings. The molecule has 1 atom stereocenters. The number of fused-ring (bicyclic) bond motifs is 2. The first-order chi connectivity index (χ1) is 14.2. The number of hydrogen-bond donors (Lipinski definition) is 1. The Labute approximate surface area is 168 Å². The maximum Gasteiger partial charge on any atom is 0.220 e. The van der Waals surface area contributed by atoms with Gasteiger partial charge in [-0.3, -0.25) is 9.98 Å². The number of likely N-dealkylation sites (N-methyl/N-ethyl adjacent to an activating group) is 1. The van der Waals surface area contributed by atoms with Gasteiger partial charge in [0.05, 0.1) is 36.2 Å². The summed E-state index contributed by atoms with van der Waals surface area (Å²) in [5, 5.41) is 7.64. The molecule has 6 nitrogen and oxygen atoms in total. The monoisotopic (exact) mass is 391 g/mol. The molecule has 7 heteroatoms. The Bertz CT molecular complexity index is 1090. The zero-order chi connectivity index (χ0) is 19.8. The summed E-state index contributed by atoms with van der Waals surface area (Å²) in [6.07, 6.45) is 9.50. The Morgan fingerprint density at radius 1 is 1.24 bits per heavy atom. The summed E-state index contributed by atoms with van der Waals surface area (Å²) >= 11 is 0. The maximum atomic E-state index is 14.5. The summed E-state index contributed by atoms with van der Waals surface area (Å²) in [6, 6.07) is 6.01. The maximum absolute atomic E-state index is 14.5. The second-order valence-corrected chi connectivity index (χ2v) is 7.45. The average molecular weight is 391 g/mol. The van der Waals surface area contributed by atoms with Crippen molar-refractivity contribution in [3.05, 3.63) is 59.3 Å². The summed E-state index contributed by atoms with van der Waals surface area (Å²) in [5.74, 6) is 0.385. The molecule has 0 fully saturated rings. The molecule has 0 saturated heterocycles. The van der Waals surface area contributed by atoms with Crippen molar-refractivity contribution in [3.8, 4) is 17.0 Å². The van der Waals surface area contributed by atoms with Gasteiger partial charge in [0.15, 0.2) is 0 Å². The van der Waals surface area contributed by atoms with Crippen LogP contribution in [-0.2, 0) is 19.4 Å². The lowest BCUT2D eigenvalue weighted by molar-refractivity contribution is 0.189. The molecule has 148 valence electrons. The largest absolute Gasteiger partial charge is 0.476 e. The van der Waals surface area contributed by atoms with Gasteiger partial charge in [-0.05, 0) is 43.5 Å². The minimum atomic E-state index is -0.341. The van der Waals surface area contributed by atoms with E-state index >= 15 is 0 Å². The zero-order valence-corrected chi connectivity index (χ0v) is 16.2. The molecule has 0 spiro atoms. The molecule has 29 heavy (non-hydrogen) atoms. The molecule has 1 aliphatic heterocycles. The van der Waals surface area contributed by atoms with Gasteiger partial charge in [0.2, 0.25) is 5.88 Å². The van der Waals surface area contributed by atoms with Crippen molar-refractivity contribution in [1.29, 1.82) is 0 Å². The fourth-order valence-electron chi connectivity index (χ4n) is 4.12. The highest BCUT2D eigenvalue weighted by atomic mass is 19.1. The fraction of sp³-hybridized carbons (Fsp3) is 0.318. The Balaban J connectivity index is 1.56. The number of benzene rings is 1. The Morgan fingerprint density at radius 2 is 2.17 bits per heavy atom. The normalized spacial score (nSPS) is 17.9. The number of aromatic nitrogens is 3. The third-order valence-corrected chi connectivity index (χ3v) is 5.69. The highest BCUT2D eigenvalue weighted by molar-refractivity contribution is 5.89. The Hall–Kier alpha value is -3.06. The zero-order valence-electron chi connectivity index (χ0n) is 16.2. The molecular formula is C22H22FN5O. The van der Waals surface area contributed by atoms with E-state index in [1.807, 2.05) is 17.8 Å². The van der Waals surface area contributed by atoms with Crippen LogP contribution in [0.15, 0.2) is 41.8 Å². The smallest absolute Gasteiger partial charge is 0.220 e. The van der Waals surface area contributed by atoms with Crippen LogP contribution < -0.4 is 10.1 Å². The number of nitrogens with one attached hydrogen (secondary N) is 1. The molecular weight excluding hydrogens is 369 g/mol. The van der Waals surface area contributed by atoms with Gasteiger partial charge in [-0.15, -0.1) is 0 Å². The van der Waals surface area contributed by atoms with E-state index in [0.717, 1.165) is 48.5 Å². The van der Waals surface area contributed by atoms with Gasteiger partial charge in [0.1, 0.15) is 12.4 Å². The van der Waals surface area contributed by atoms with Gasteiger partial charge in [-0.1, -0.05) is 12.1 Å². The predicted molar refractivity (Wildman–Crippen MR) is 109 cm³/mol. The number of hydrogen-bond acceptors (Lipinski definition) is 5. The van der Waals surface area contributed by atoms with E-state index in [-0.39, 0.29) is 11.9 Å². The van der Waals surface area contributed by atoms with Crippen molar-refractivity contribution in [3.63, 3.8) is 0 Å². The Kier molecular flexibility index (Phi) is 4.60. The molecule has 0 saturated carbocycles. The second-order valence-electron chi connectivity index (χ2n) is 7.45. The predicted octanol–water partition coefficient (Wildman–Crippen LogP) is 3.30. The molecule has 3 heterocycles. The van der Waals surface area contributed by atoms with Crippen LogP contribution in [0.3, 0.4) is 0 Å². The minimum Gasteiger partial charge on any atom is -0.476 e. The number of rotatable bonds is 4. The lowest BCUT2D eigenvalue weighted by Crippen LogP contribution is -2.39.